The summed E-state index contributed by atoms with van der Waals surface area (Å²) in [5.74, 6) is 0.920. The highest BCUT2D eigenvalue weighted by molar-refractivity contribution is 6.34. The third-order valence-corrected chi connectivity index (χ3v) is 4.44. The summed E-state index contributed by atoms with van der Waals surface area (Å²) in [4.78, 5) is 12.6. The van der Waals surface area contributed by atoms with E-state index in [0.29, 0.717) is 22.0 Å². The fraction of sp³-hybridized carbons (Fsp3) is 0.158. The van der Waals surface area contributed by atoms with Crippen LogP contribution in [0.1, 0.15) is 27.2 Å². The highest BCUT2D eigenvalue weighted by Gasteiger charge is 2.29. The van der Waals surface area contributed by atoms with Crippen molar-refractivity contribution in [2.24, 2.45) is 0 Å². The number of nitrogens with one attached hydrogen (secondary N) is 1. The molecule has 0 saturated heterocycles. The Bertz CT molecular complexity index is 994. The molecule has 0 fully saturated rings. The molecule has 1 aliphatic rings. The van der Waals surface area contributed by atoms with E-state index in [1.54, 1.807) is 12.1 Å². The number of halogens is 1. The fourth-order valence-electron chi connectivity index (χ4n) is 2.83. The van der Waals surface area contributed by atoms with Crippen molar-refractivity contribution in [2.45, 2.75) is 20.5 Å². The molecule has 2 heterocycles. The van der Waals surface area contributed by atoms with Crippen LogP contribution in [0.15, 0.2) is 40.9 Å². The molecule has 1 aliphatic heterocycles. The van der Waals surface area contributed by atoms with Crippen molar-refractivity contribution >= 4 is 23.2 Å². The molecule has 0 bridgehead atoms. The zero-order valence-corrected chi connectivity index (χ0v) is 14.5. The van der Waals surface area contributed by atoms with Crippen molar-refractivity contribution in [2.75, 3.05) is 5.32 Å². The first-order valence-electron chi connectivity index (χ1n) is 7.83. The molecule has 5 nitrogen and oxygen atoms in total. The first kappa shape index (κ1) is 15.7. The number of nitrogens with zero attached hydrogens (tertiary/aromatic N) is 1. The van der Waals surface area contributed by atoms with Gasteiger partial charge in [0.15, 0.2) is 11.5 Å². The Kier molecular flexibility index (Phi) is 3.73. The second-order valence-electron chi connectivity index (χ2n) is 6.06. The van der Waals surface area contributed by atoms with Gasteiger partial charge in [0.2, 0.25) is 0 Å². The van der Waals surface area contributed by atoms with E-state index in [9.17, 15) is 4.79 Å². The molecule has 0 atom stereocenters. The Morgan fingerprint density at radius 3 is 2.72 bits per heavy atom. The summed E-state index contributed by atoms with van der Waals surface area (Å²) in [5, 5.41) is 7.21. The van der Waals surface area contributed by atoms with Crippen molar-refractivity contribution in [1.82, 2.24) is 5.16 Å². The monoisotopic (exact) mass is 354 g/mol. The van der Waals surface area contributed by atoms with Crippen LogP contribution in [-0.2, 0) is 6.61 Å². The Balaban J connectivity index is 1.68. The molecule has 0 unspecified atom stereocenters. The summed E-state index contributed by atoms with van der Waals surface area (Å²) in [7, 11) is 0. The maximum absolute atomic E-state index is 12.6. The second-order valence-corrected chi connectivity index (χ2v) is 6.47. The number of fused-ring (bicyclic) bond motifs is 3. The van der Waals surface area contributed by atoms with Gasteiger partial charge in [-0.1, -0.05) is 34.5 Å². The maximum Gasteiger partial charge on any atom is 0.278 e. The highest BCUT2D eigenvalue weighted by atomic mass is 35.5. The molecule has 2 aromatic carbocycles. The van der Waals surface area contributed by atoms with Crippen molar-refractivity contribution in [3.05, 3.63) is 63.8 Å². The Hall–Kier alpha value is -2.79. The van der Waals surface area contributed by atoms with Gasteiger partial charge < -0.3 is 14.6 Å². The van der Waals surface area contributed by atoms with Crippen LogP contribution in [0.2, 0.25) is 5.02 Å². The number of amides is 1. The topological polar surface area (TPSA) is 64.4 Å². The number of benzene rings is 2. The molecule has 126 valence electrons. The van der Waals surface area contributed by atoms with E-state index in [1.165, 1.54) is 0 Å². The lowest BCUT2D eigenvalue weighted by Crippen LogP contribution is -2.16. The molecule has 1 amide bonds. The minimum atomic E-state index is -0.379. The third kappa shape index (κ3) is 2.76. The lowest BCUT2D eigenvalue weighted by Gasteiger charge is -2.16. The van der Waals surface area contributed by atoms with Crippen LogP contribution in [0.25, 0.3) is 11.3 Å². The van der Waals surface area contributed by atoms with Gasteiger partial charge in [-0.2, -0.15) is 0 Å². The summed E-state index contributed by atoms with van der Waals surface area (Å²) < 4.78 is 11.2. The Morgan fingerprint density at radius 2 is 1.92 bits per heavy atom. The number of aryl methyl sites for hydroxylation is 2. The predicted octanol–water partition coefficient (Wildman–Crippen LogP) is 4.76. The minimum Gasteiger partial charge on any atom is -0.488 e. The molecule has 3 aromatic rings. The van der Waals surface area contributed by atoms with Crippen LogP contribution in [0, 0.1) is 13.8 Å². The molecule has 0 radical (unpaired) electrons. The van der Waals surface area contributed by atoms with Gasteiger partial charge in [-0.15, -0.1) is 0 Å². The Morgan fingerprint density at radius 1 is 1.16 bits per heavy atom. The number of rotatable bonds is 2. The third-order valence-electron chi connectivity index (χ3n) is 4.13. The summed E-state index contributed by atoms with van der Waals surface area (Å²) >= 11 is 6.18. The van der Waals surface area contributed by atoms with E-state index in [1.807, 2.05) is 38.1 Å². The predicted molar refractivity (Wildman–Crippen MR) is 95.2 cm³/mol. The molecule has 1 aromatic heterocycles. The molecule has 25 heavy (non-hydrogen) atoms. The molecule has 4 rings (SSSR count). The van der Waals surface area contributed by atoms with E-state index < -0.39 is 0 Å². The summed E-state index contributed by atoms with van der Waals surface area (Å²) in [6, 6.07) is 11.2. The molecular weight excluding hydrogens is 340 g/mol. The lowest BCUT2D eigenvalue weighted by atomic mass is 10.0. The van der Waals surface area contributed by atoms with Gasteiger partial charge in [0.1, 0.15) is 12.4 Å². The summed E-state index contributed by atoms with van der Waals surface area (Å²) in [6.07, 6.45) is 0. The van der Waals surface area contributed by atoms with Crippen LogP contribution >= 0.6 is 11.6 Å². The number of anilines is 1. The van der Waals surface area contributed by atoms with Crippen molar-refractivity contribution in [1.29, 1.82) is 0 Å². The van der Waals surface area contributed by atoms with Gasteiger partial charge >= 0.3 is 0 Å². The smallest absolute Gasteiger partial charge is 0.278 e. The van der Waals surface area contributed by atoms with Crippen LogP contribution in [0.5, 0.6) is 5.75 Å². The zero-order chi connectivity index (χ0) is 17.6. The highest BCUT2D eigenvalue weighted by Crippen LogP contribution is 2.39. The van der Waals surface area contributed by atoms with Crippen LogP contribution in [0.3, 0.4) is 0 Å². The zero-order valence-electron chi connectivity index (χ0n) is 13.7. The van der Waals surface area contributed by atoms with Gasteiger partial charge in [-0.3, -0.25) is 4.79 Å². The summed E-state index contributed by atoms with van der Waals surface area (Å²) in [6.45, 7) is 4.15. The van der Waals surface area contributed by atoms with Gasteiger partial charge in [0.05, 0.1) is 21.8 Å². The lowest BCUT2D eigenvalue weighted by molar-refractivity contribution is 0.101. The summed E-state index contributed by atoms with van der Waals surface area (Å²) in [5.41, 5.74) is 4.27. The standard InChI is InChI=1S/C19H15ClN2O3/c1-10-4-6-16-12(7-10)18-13(9-24-16)17(22-25-18)19(23)21-15-5-3-11(2)8-14(15)20/h3-8H,9H2,1-2H3,(H,21,23). The molecule has 0 spiro atoms. The first-order valence-corrected chi connectivity index (χ1v) is 8.20. The average molecular weight is 355 g/mol. The number of aromatic nitrogens is 1. The fourth-order valence-corrected chi connectivity index (χ4v) is 3.12. The van der Waals surface area contributed by atoms with E-state index in [-0.39, 0.29) is 18.2 Å². The van der Waals surface area contributed by atoms with Crippen LogP contribution in [-0.4, -0.2) is 11.1 Å². The van der Waals surface area contributed by atoms with E-state index in [2.05, 4.69) is 10.5 Å². The first-order chi connectivity index (χ1) is 12.0. The molecule has 1 N–H and O–H groups in total. The van der Waals surface area contributed by atoms with Gasteiger partial charge in [0.25, 0.3) is 5.91 Å². The maximum atomic E-state index is 12.6. The van der Waals surface area contributed by atoms with E-state index in [0.717, 1.165) is 22.4 Å². The molecular formula is C19H15ClN2O3. The Labute approximate surface area is 149 Å². The molecule has 6 heteroatoms. The van der Waals surface area contributed by atoms with Crippen LogP contribution in [0.4, 0.5) is 5.69 Å². The van der Waals surface area contributed by atoms with Crippen LogP contribution < -0.4 is 10.1 Å². The largest absolute Gasteiger partial charge is 0.488 e. The van der Waals surface area contributed by atoms with E-state index in [4.69, 9.17) is 20.9 Å². The average Bonchev–Trinajstić information content (AvgIpc) is 3.02. The molecule has 0 saturated carbocycles. The van der Waals surface area contributed by atoms with Gasteiger partial charge in [-0.05, 0) is 43.7 Å². The number of carbonyl (C=O) groups excluding carboxylic acids is 1. The van der Waals surface area contributed by atoms with Crippen molar-refractivity contribution in [3.63, 3.8) is 0 Å². The second kappa shape index (κ2) is 5.93. The normalized spacial score (nSPS) is 12.1. The SMILES string of the molecule is Cc1ccc(NC(=O)c2noc3c2COc2ccc(C)cc2-3)c(Cl)c1. The van der Waals surface area contributed by atoms with Crippen molar-refractivity contribution in [3.8, 4) is 17.1 Å². The number of hydrogen-bond donors (Lipinski definition) is 1. The van der Waals surface area contributed by atoms with E-state index >= 15 is 0 Å². The van der Waals surface area contributed by atoms with Crippen molar-refractivity contribution < 1.29 is 14.1 Å². The number of ether oxygens (including phenoxy) is 1. The number of carbonyl (C=O) groups is 1. The minimum absolute atomic E-state index is 0.207. The quantitative estimate of drug-likeness (QED) is 0.720. The van der Waals surface area contributed by atoms with Gasteiger partial charge in [0, 0.05) is 0 Å². The molecule has 0 aliphatic carbocycles. The van der Waals surface area contributed by atoms with Gasteiger partial charge in [-0.25, -0.2) is 0 Å². The number of hydrogen-bond acceptors (Lipinski definition) is 4.